The van der Waals surface area contributed by atoms with Crippen LogP contribution >= 0.6 is 11.3 Å². The molecule has 2 aromatic heterocycles. The van der Waals surface area contributed by atoms with Gasteiger partial charge in [0, 0.05) is 36.6 Å². The predicted octanol–water partition coefficient (Wildman–Crippen LogP) is 10.1. The molecule has 8 rings (SSSR count). The fraction of sp³-hybridized carbons (Fsp3) is 0.222. The number of aromatic nitrogens is 1. The van der Waals surface area contributed by atoms with Crippen LogP contribution in [0.3, 0.4) is 0 Å². The van der Waals surface area contributed by atoms with Gasteiger partial charge in [-0.2, -0.15) is 0 Å². The summed E-state index contributed by atoms with van der Waals surface area (Å²) in [6, 6.07) is 36.2. The first kappa shape index (κ1) is 23.3. The molecule has 0 bridgehead atoms. The Hall–Kier alpha value is -3.56. The molecule has 0 radical (unpaired) electrons. The van der Waals surface area contributed by atoms with Crippen LogP contribution in [0.1, 0.15) is 27.7 Å². The molecule has 1 fully saturated rings. The van der Waals surface area contributed by atoms with Gasteiger partial charge in [-0.15, -0.1) is 11.3 Å². The lowest BCUT2D eigenvalue weighted by molar-refractivity contribution is 0.177. The van der Waals surface area contributed by atoms with Gasteiger partial charge in [-0.25, -0.2) is 0 Å². The monoisotopic (exact) mass is 521 g/mol. The number of hydrogen-bond donors (Lipinski definition) is 0. The third kappa shape index (κ3) is 3.26. The van der Waals surface area contributed by atoms with E-state index in [1.54, 1.807) is 5.46 Å². The molecule has 5 aromatic carbocycles. The lowest BCUT2D eigenvalue weighted by atomic mass is 9.42. The van der Waals surface area contributed by atoms with Crippen molar-refractivity contribution in [3.63, 3.8) is 0 Å². The molecule has 0 unspecified atom stereocenters. The molecule has 1 nitrogen and oxygen atoms in total. The number of benzene rings is 5. The van der Waals surface area contributed by atoms with E-state index < -0.39 is 0 Å². The van der Waals surface area contributed by atoms with Crippen LogP contribution in [-0.2, 0) is 0 Å². The molecule has 0 spiro atoms. The van der Waals surface area contributed by atoms with Crippen molar-refractivity contribution in [1.29, 1.82) is 0 Å². The molecule has 0 aliphatic carbocycles. The van der Waals surface area contributed by atoms with Crippen molar-refractivity contribution >= 4 is 76.3 Å². The normalized spacial score (nSPS) is 16.9. The van der Waals surface area contributed by atoms with Crippen molar-refractivity contribution in [3.05, 3.63) is 97.1 Å². The van der Waals surface area contributed by atoms with Gasteiger partial charge in [-0.1, -0.05) is 119 Å². The van der Waals surface area contributed by atoms with Crippen LogP contribution in [0.2, 0.25) is 12.6 Å². The molecular formula is C36H32BNS. The van der Waals surface area contributed by atoms with Gasteiger partial charge < -0.3 is 4.57 Å². The maximum atomic E-state index is 2.58. The van der Waals surface area contributed by atoms with Crippen LogP contribution in [-0.4, -0.2) is 11.3 Å². The summed E-state index contributed by atoms with van der Waals surface area (Å²) in [6.45, 7) is 10.5. The van der Waals surface area contributed by atoms with E-state index in [4.69, 9.17) is 0 Å². The fourth-order valence-electron chi connectivity index (χ4n) is 7.33. The summed E-state index contributed by atoms with van der Waals surface area (Å²) in [5.74, 6) is 0. The van der Waals surface area contributed by atoms with Crippen LogP contribution in [0.5, 0.6) is 0 Å². The Bertz CT molecular complexity index is 2070. The summed E-state index contributed by atoms with van der Waals surface area (Å²) >= 11 is 1.99. The Morgan fingerprint density at radius 2 is 1.33 bits per heavy atom. The molecule has 39 heavy (non-hydrogen) atoms. The highest BCUT2D eigenvalue weighted by atomic mass is 32.1. The Balaban J connectivity index is 1.54. The average Bonchev–Trinajstić information content (AvgIpc) is 3.54. The maximum Gasteiger partial charge on any atom is 0.178 e. The van der Waals surface area contributed by atoms with Gasteiger partial charge in [-0.3, -0.25) is 0 Å². The van der Waals surface area contributed by atoms with E-state index in [2.05, 4.69) is 129 Å². The SMILES string of the molecule is CC1(C)CB(c2cc3c4ccccc4n(-c4ccc5ccccc5c4)c3c3c2sc2ccccc23)CC1(C)C. The third-order valence-corrected chi connectivity index (χ3v) is 11.3. The number of rotatable bonds is 2. The van der Waals surface area contributed by atoms with Crippen molar-refractivity contribution < 1.29 is 0 Å². The largest absolute Gasteiger partial charge is 0.309 e. The minimum atomic E-state index is 0.314. The van der Waals surface area contributed by atoms with E-state index in [0.717, 1.165) is 0 Å². The molecule has 7 aromatic rings. The Morgan fingerprint density at radius 1 is 0.667 bits per heavy atom. The van der Waals surface area contributed by atoms with E-state index in [9.17, 15) is 0 Å². The number of para-hydroxylation sites is 1. The topological polar surface area (TPSA) is 4.93 Å². The number of fused-ring (bicyclic) bond motifs is 8. The highest BCUT2D eigenvalue weighted by Crippen LogP contribution is 2.53. The van der Waals surface area contributed by atoms with E-state index in [1.807, 2.05) is 11.3 Å². The number of hydrogen-bond acceptors (Lipinski definition) is 1. The minimum Gasteiger partial charge on any atom is -0.309 e. The van der Waals surface area contributed by atoms with Crippen LogP contribution in [0.15, 0.2) is 97.1 Å². The molecule has 0 saturated carbocycles. The second-order valence-electron chi connectivity index (χ2n) is 12.9. The lowest BCUT2D eigenvalue weighted by Crippen LogP contribution is -2.28. The van der Waals surface area contributed by atoms with Crippen LogP contribution in [0.25, 0.3) is 58.4 Å². The molecule has 1 saturated heterocycles. The van der Waals surface area contributed by atoms with Gasteiger partial charge in [0.15, 0.2) is 6.71 Å². The first-order chi connectivity index (χ1) is 18.8. The van der Waals surface area contributed by atoms with Gasteiger partial charge in [0.2, 0.25) is 0 Å². The van der Waals surface area contributed by atoms with Crippen LogP contribution in [0.4, 0.5) is 0 Å². The Kier molecular flexibility index (Phi) is 4.78. The highest BCUT2D eigenvalue weighted by molar-refractivity contribution is 7.27. The molecule has 0 atom stereocenters. The predicted molar refractivity (Wildman–Crippen MR) is 174 cm³/mol. The first-order valence-corrected chi connectivity index (χ1v) is 15.0. The van der Waals surface area contributed by atoms with E-state index in [1.165, 1.54) is 71.1 Å². The minimum absolute atomic E-state index is 0.314. The third-order valence-electron chi connectivity index (χ3n) is 10.1. The number of nitrogens with zero attached hydrogens (tertiary/aromatic N) is 1. The lowest BCUT2D eigenvalue weighted by Gasteiger charge is -2.35. The van der Waals surface area contributed by atoms with Crippen molar-refractivity contribution in [2.75, 3.05) is 0 Å². The van der Waals surface area contributed by atoms with Crippen LogP contribution < -0.4 is 5.46 Å². The second kappa shape index (κ2) is 7.99. The molecule has 0 amide bonds. The van der Waals surface area contributed by atoms with Crippen molar-refractivity contribution in [2.24, 2.45) is 10.8 Å². The van der Waals surface area contributed by atoms with Crippen molar-refractivity contribution in [1.82, 2.24) is 4.57 Å². The molecule has 1 aliphatic rings. The maximum absolute atomic E-state index is 2.58. The molecular weight excluding hydrogens is 489 g/mol. The number of thiophene rings is 1. The van der Waals surface area contributed by atoms with E-state index >= 15 is 0 Å². The molecule has 3 heteroatoms. The summed E-state index contributed by atoms with van der Waals surface area (Å²) in [5.41, 5.74) is 6.04. The fourth-order valence-corrected chi connectivity index (χ4v) is 8.62. The zero-order valence-corrected chi connectivity index (χ0v) is 23.9. The highest BCUT2D eigenvalue weighted by Gasteiger charge is 2.48. The van der Waals surface area contributed by atoms with Gasteiger partial charge in [0.05, 0.1) is 11.0 Å². The molecule has 1 aliphatic heterocycles. The summed E-state index contributed by atoms with van der Waals surface area (Å²) < 4.78 is 5.39. The summed E-state index contributed by atoms with van der Waals surface area (Å²) in [7, 11) is 0. The van der Waals surface area contributed by atoms with E-state index in [0.29, 0.717) is 17.5 Å². The Morgan fingerprint density at radius 3 is 2.13 bits per heavy atom. The van der Waals surface area contributed by atoms with Crippen molar-refractivity contribution in [3.8, 4) is 5.69 Å². The molecule has 3 heterocycles. The van der Waals surface area contributed by atoms with Gasteiger partial charge >= 0.3 is 0 Å². The second-order valence-corrected chi connectivity index (χ2v) is 14.0. The van der Waals surface area contributed by atoms with E-state index in [-0.39, 0.29) is 0 Å². The zero-order chi connectivity index (χ0) is 26.5. The first-order valence-electron chi connectivity index (χ1n) is 14.2. The van der Waals surface area contributed by atoms with Gasteiger partial charge in [0.25, 0.3) is 0 Å². The van der Waals surface area contributed by atoms with Gasteiger partial charge in [0.1, 0.15) is 0 Å². The smallest absolute Gasteiger partial charge is 0.178 e. The molecule has 190 valence electrons. The quantitative estimate of drug-likeness (QED) is 0.200. The van der Waals surface area contributed by atoms with Gasteiger partial charge in [-0.05, 0) is 45.9 Å². The van der Waals surface area contributed by atoms with Crippen LogP contribution in [0, 0.1) is 10.8 Å². The summed E-state index contributed by atoms with van der Waals surface area (Å²) in [4.78, 5) is 0. The zero-order valence-electron chi connectivity index (χ0n) is 23.1. The Labute approximate surface area is 234 Å². The van der Waals surface area contributed by atoms with Crippen molar-refractivity contribution in [2.45, 2.75) is 40.3 Å². The summed E-state index contributed by atoms with van der Waals surface area (Å²) in [6.07, 6.45) is 2.47. The summed E-state index contributed by atoms with van der Waals surface area (Å²) in [5, 5.41) is 8.09. The molecule has 0 N–H and O–H groups in total. The standard InChI is InChI=1S/C36H32BNS/c1-35(2)21-37(22-36(35,3)4)29-20-28-26-13-7-9-15-30(26)38(25-18-17-23-11-5-6-12-24(23)19-25)33(28)32-27-14-8-10-16-31(27)39-34(29)32/h5-20H,21-22H2,1-4H3. The average molecular weight is 522 g/mol.